The van der Waals surface area contributed by atoms with Gasteiger partial charge in [0.05, 0.1) is 17.4 Å². The Labute approximate surface area is 116 Å². The van der Waals surface area contributed by atoms with Crippen molar-refractivity contribution < 1.29 is 4.79 Å². The summed E-state index contributed by atoms with van der Waals surface area (Å²) in [5.41, 5.74) is 1.49. The number of nitrogens with zero attached hydrogens (tertiary/aromatic N) is 2. The van der Waals surface area contributed by atoms with Gasteiger partial charge < -0.3 is 10.2 Å². The number of carbonyl (C=O) groups excluding carboxylic acids is 1. The minimum Gasteiger partial charge on any atom is -0.383 e. The van der Waals surface area contributed by atoms with Gasteiger partial charge in [0.15, 0.2) is 0 Å². The summed E-state index contributed by atoms with van der Waals surface area (Å²) in [4.78, 5) is 18.4. The number of rotatable bonds is 6. The molecule has 1 aromatic heterocycles. The number of pyridine rings is 1. The highest BCUT2D eigenvalue weighted by molar-refractivity contribution is 5.99. The first-order chi connectivity index (χ1) is 8.97. The molecule has 1 amide bonds. The summed E-state index contributed by atoms with van der Waals surface area (Å²) in [6.07, 6.45) is 4.37. The van der Waals surface area contributed by atoms with Crippen LogP contribution in [-0.4, -0.2) is 35.4 Å². The molecule has 4 heteroatoms. The lowest BCUT2D eigenvalue weighted by Gasteiger charge is -2.27. The number of hydrogen-bond acceptors (Lipinski definition) is 3. The molecule has 1 N–H and O–H groups in total. The van der Waals surface area contributed by atoms with Crippen molar-refractivity contribution in [3.8, 4) is 0 Å². The third-order valence-corrected chi connectivity index (χ3v) is 3.21. The maximum atomic E-state index is 12.5. The predicted molar refractivity (Wildman–Crippen MR) is 79.4 cm³/mol. The summed E-state index contributed by atoms with van der Waals surface area (Å²) in [5.74, 6) is 0.627. The SMILES string of the molecule is CCNc1cnccc1C(=O)N(C)C(C)CC(C)C. The topological polar surface area (TPSA) is 45.2 Å². The quantitative estimate of drug-likeness (QED) is 0.858. The van der Waals surface area contributed by atoms with Crippen molar-refractivity contribution in [1.82, 2.24) is 9.88 Å². The van der Waals surface area contributed by atoms with E-state index < -0.39 is 0 Å². The molecule has 1 rings (SSSR count). The molecule has 0 saturated heterocycles. The van der Waals surface area contributed by atoms with Crippen molar-refractivity contribution in [3.63, 3.8) is 0 Å². The van der Waals surface area contributed by atoms with Gasteiger partial charge in [-0.15, -0.1) is 0 Å². The van der Waals surface area contributed by atoms with E-state index in [1.807, 2.05) is 18.9 Å². The van der Waals surface area contributed by atoms with E-state index in [9.17, 15) is 4.79 Å². The molecule has 1 aromatic rings. The molecule has 0 radical (unpaired) electrons. The minimum absolute atomic E-state index is 0.0477. The van der Waals surface area contributed by atoms with Crippen LogP contribution in [0.4, 0.5) is 5.69 Å². The van der Waals surface area contributed by atoms with Crippen LogP contribution in [-0.2, 0) is 0 Å². The molecule has 0 fully saturated rings. The molecule has 1 atom stereocenters. The highest BCUT2D eigenvalue weighted by atomic mass is 16.2. The third-order valence-electron chi connectivity index (χ3n) is 3.21. The summed E-state index contributed by atoms with van der Waals surface area (Å²) in [6, 6.07) is 2.01. The maximum Gasteiger partial charge on any atom is 0.256 e. The number of anilines is 1. The number of aromatic nitrogens is 1. The van der Waals surface area contributed by atoms with Crippen molar-refractivity contribution >= 4 is 11.6 Å². The van der Waals surface area contributed by atoms with Gasteiger partial charge in [-0.3, -0.25) is 9.78 Å². The second-order valence-electron chi connectivity index (χ2n) is 5.35. The van der Waals surface area contributed by atoms with Gasteiger partial charge in [0, 0.05) is 25.8 Å². The fourth-order valence-corrected chi connectivity index (χ4v) is 2.14. The smallest absolute Gasteiger partial charge is 0.256 e. The first-order valence-electron chi connectivity index (χ1n) is 6.92. The number of hydrogen-bond donors (Lipinski definition) is 1. The average molecular weight is 263 g/mol. The molecule has 0 spiro atoms. The second-order valence-corrected chi connectivity index (χ2v) is 5.35. The van der Waals surface area contributed by atoms with Gasteiger partial charge in [-0.1, -0.05) is 13.8 Å². The normalized spacial score (nSPS) is 12.3. The number of carbonyl (C=O) groups is 1. The van der Waals surface area contributed by atoms with E-state index in [1.165, 1.54) is 0 Å². The van der Waals surface area contributed by atoms with Crippen LogP contribution in [0.5, 0.6) is 0 Å². The summed E-state index contributed by atoms with van der Waals surface area (Å²) >= 11 is 0. The number of nitrogens with one attached hydrogen (secondary N) is 1. The molecule has 0 saturated carbocycles. The molecule has 0 aliphatic carbocycles. The Morgan fingerprint density at radius 3 is 2.68 bits per heavy atom. The standard InChI is InChI=1S/C15H25N3O/c1-6-17-14-10-16-8-7-13(14)15(19)18(5)12(4)9-11(2)3/h7-8,10-12,17H,6,9H2,1-5H3. The lowest BCUT2D eigenvalue weighted by Crippen LogP contribution is -2.36. The molecule has 0 aliphatic heterocycles. The molecule has 1 heterocycles. The van der Waals surface area contributed by atoms with Crippen molar-refractivity contribution in [1.29, 1.82) is 0 Å². The monoisotopic (exact) mass is 263 g/mol. The van der Waals surface area contributed by atoms with E-state index in [4.69, 9.17) is 0 Å². The van der Waals surface area contributed by atoms with Crippen LogP contribution >= 0.6 is 0 Å². The molecule has 0 aliphatic rings. The zero-order valence-electron chi connectivity index (χ0n) is 12.6. The van der Waals surface area contributed by atoms with E-state index in [-0.39, 0.29) is 11.9 Å². The Morgan fingerprint density at radius 1 is 1.42 bits per heavy atom. The lowest BCUT2D eigenvalue weighted by molar-refractivity contribution is 0.0729. The van der Waals surface area contributed by atoms with Gasteiger partial charge in [0.2, 0.25) is 0 Å². The summed E-state index contributed by atoms with van der Waals surface area (Å²) < 4.78 is 0. The van der Waals surface area contributed by atoms with Crippen LogP contribution in [0.1, 0.15) is 44.5 Å². The van der Waals surface area contributed by atoms with Crippen LogP contribution in [0.25, 0.3) is 0 Å². The van der Waals surface area contributed by atoms with Crippen molar-refractivity contribution in [3.05, 3.63) is 24.0 Å². The van der Waals surface area contributed by atoms with E-state index in [1.54, 1.807) is 18.5 Å². The summed E-state index contributed by atoms with van der Waals surface area (Å²) in [7, 11) is 1.87. The predicted octanol–water partition coefficient (Wildman–Crippen LogP) is 3.02. The Kier molecular flexibility index (Phi) is 5.80. The van der Waals surface area contributed by atoms with Gasteiger partial charge in [-0.25, -0.2) is 0 Å². The van der Waals surface area contributed by atoms with Gasteiger partial charge in [0.25, 0.3) is 5.91 Å². The van der Waals surface area contributed by atoms with Crippen LogP contribution in [0, 0.1) is 5.92 Å². The second kappa shape index (κ2) is 7.12. The van der Waals surface area contributed by atoms with E-state index in [0.29, 0.717) is 11.5 Å². The molecular formula is C15H25N3O. The summed E-state index contributed by atoms with van der Waals surface area (Å²) in [6.45, 7) is 9.21. The molecule has 4 nitrogen and oxygen atoms in total. The zero-order chi connectivity index (χ0) is 14.4. The minimum atomic E-state index is 0.0477. The Bertz CT molecular complexity index is 418. The molecule has 19 heavy (non-hydrogen) atoms. The van der Waals surface area contributed by atoms with E-state index in [0.717, 1.165) is 18.7 Å². The van der Waals surface area contributed by atoms with Crippen LogP contribution in [0.15, 0.2) is 18.5 Å². The highest BCUT2D eigenvalue weighted by Gasteiger charge is 2.20. The molecular weight excluding hydrogens is 238 g/mol. The lowest BCUT2D eigenvalue weighted by atomic mass is 10.0. The average Bonchev–Trinajstić information content (AvgIpc) is 2.37. The number of amides is 1. The summed E-state index contributed by atoms with van der Waals surface area (Å²) in [5, 5.41) is 3.18. The molecule has 0 aromatic carbocycles. The van der Waals surface area contributed by atoms with Crippen molar-refractivity contribution in [2.75, 3.05) is 18.9 Å². The molecule has 106 valence electrons. The van der Waals surface area contributed by atoms with Crippen LogP contribution in [0.3, 0.4) is 0 Å². The van der Waals surface area contributed by atoms with Crippen molar-refractivity contribution in [2.45, 2.75) is 40.2 Å². The van der Waals surface area contributed by atoms with Gasteiger partial charge >= 0.3 is 0 Å². The fourth-order valence-electron chi connectivity index (χ4n) is 2.14. The Balaban J connectivity index is 2.87. The first kappa shape index (κ1) is 15.5. The Hall–Kier alpha value is -1.58. The van der Waals surface area contributed by atoms with Crippen LogP contribution in [0.2, 0.25) is 0 Å². The highest BCUT2D eigenvalue weighted by Crippen LogP contribution is 2.18. The Morgan fingerprint density at radius 2 is 2.11 bits per heavy atom. The fraction of sp³-hybridized carbons (Fsp3) is 0.600. The molecule has 0 bridgehead atoms. The first-order valence-corrected chi connectivity index (χ1v) is 6.92. The van der Waals surface area contributed by atoms with Gasteiger partial charge in [-0.05, 0) is 32.3 Å². The van der Waals surface area contributed by atoms with Gasteiger partial charge in [0.1, 0.15) is 0 Å². The maximum absolute atomic E-state index is 12.5. The zero-order valence-corrected chi connectivity index (χ0v) is 12.6. The largest absolute Gasteiger partial charge is 0.383 e. The molecule has 1 unspecified atom stereocenters. The van der Waals surface area contributed by atoms with E-state index in [2.05, 4.69) is 31.1 Å². The van der Waals surface area contributed by atoms with E-state index >= 15 is 0 Å². The third kappa shape index (κ3) is 4.23. The van der Waals surface area contributed by atoms with Crippen LogP contribution < -0.4 is 5.32 Å². The van der Waals surface area contributed by atoms with Crippen molar-refractivity contribution in [2.24, 2.45) is 5.92 Å². The van der Waals surface area contributed by atoms with Gasteiger partial charge in [-0.2, -0.15) is 0 Å².